The van der Waals surface area contributed by atoms with Crippen molar-refractivity contribution in [1.82, 2.24) is 0 Å². The third-order valence-corrected chi connectivity index (χ3v) is 4.00. The summed E-state index contributed by atoms with van der Waals surface area (Å²) < 4.78 is 11.9. The minimum Gasteiger partial charge on any atom is -0.323 e. The maximum atomic E-state index is 11.9. The third-order valence-electron chi connectivity index (χ3n) is 3.24. The normalized spacial score (nSPS) is 11.6. The molecule has 0 heterocycles. The summed E-state index contributed by atoms with van der Waals surface area (Å²) in [6.07, 6.45) is 16.5. The van der Waals surface area contributed by atoms with Gasteiger partial charge < -0.3 is 4.11 Å². The Morgan fingerprint density at radius 3 is 1.38 bits per heavy atom. The van der Waals surface area contributed by atoms with E-state index in [1.54, 1.807) is 0 Å². The van der Waals surface area contributed by atoms with Crippen LogP contribution in [0, 0.1) is 0 Å². The molecule has 0 aromatic carbocycles. The molecule has 0 bridgehead atoms. The van der Waals surface area contributed by atoms with Crippen LogP contribution in [0.3, 0.4) is 0 Å². The monoisotopic (exact) mass is 246 g/mol. The first kappa shape index (κ1) is 16.1. The quantitative estimate of drug-likeness (QED) is 0.239. The van der Waals surface area contributed by atoms with Gasteiger partial charge in [-0.15, -0.1) is 0 Å². The van der Waals surface area contributed by atoms with Crippen LogP contribution in [0.1, 0.15) is 84.0 Å². The van der Waals surface area contributed by atoms with Crippen molar-refractivity contribution in [3.8, 4) is 0 Å². The summed E-state index contributed by atoms with van der Waals surface area (Å²) in [6, 6.07) is 0.914. The molecule has 0 aliphatic rings. The van der Waals surface area contributed by atoms with Crippen LogP contribution in [-0.2, 0) is 0 Å². The first-order valence-corrected chi connectivity index (χ1v) is 9.01. The fourth-order valence-corrected chi connectivity index (χ4v) is 2.65. The van der Waals surface area contributed by atoms with Crippen LogP contribution in [0.5, 0.6) is 0 Å². The number of halogens is 1. The first-order valence-electron chi connectivity index (χ1n) is 7.47. The van der Waals surface area contributed by atoms with E-state index < -0.39 is 9.85 Å². The average Bonchev–Trinajstić information content (AvgIpc) is 2.31. The predicted molar refractivity (Wildman–Crippen MR) is 75.5 cm³/mol. The van der Waals surface area contributed by atoms with Gasteiger partial charge in [0.25, 0.3) is 0 Å². The Balaban J connectivity index is 2.83. The van der Waals surface area contributed by atoms with Gasteiger partial charge in [0.1, 0.15) is 0 Å². The van der Waals surface area contributed by atoms with Crippen molar-refractivity contribution in [2.24, 2.45) is 0 Å². The molecule has 0 saturated heterocycles. The van der Waals surface area contributed by atoms with Crippen LogP contribution in [0.25, 0.3) is 0 Å². The lowest BCUT2D eigenvalue weighted by molar-refractivity contribution is 0.547. The van der Waals surface area contributed by atoms with E-state index in [0.717, 1.165) is 12.5 Å². The molecule has 0 saturated carbocycles. The van der Waals surface area contributed by atoms with E-state index in [-0.39, 0.29) is 0 Å². The van der Waals surface area contributed by atoms with Gasteiger partial charge in [0.05, 0.1) is 0 Å². The van der Waals surface area contributed by atoms with Gasteiger partial charge in [-0.05, 0) is 6.04 Å². The van der Waals surface area contributed by atoms with Crippen molar-refractivity contribution < 1.29 is 4.11 Å². The van der Waals surface area contributed by atoms with E-state index in [0.29, 0.717) is 0 Å². The second-order valence-corrected chi connectivity index (χ2v) is 6.02. The van der Waals surface area contributed by atoms with Gasteiger partial charge in [-0.2, -0.15) is 0 Å². The van der Waals surface area contributed by atoms with E-state index in [1.807, 2.05) is 0 Å². The Morgan fingerprint density at radius 2 is 1.00 bits per heavy atom. The van der Waals surface area contributed by atoms with E-state index in [4.69, 9.17) is 0 Å². The molecule has 0 aliphatic heterocycles. The summed E-state index contributed by atoms with van der Waals surface area (Å²) in [6.45, 7) is 2.27. The summed E-state index contributed by atoms with van der Waals surface area (Å²) in [5.41, 5.74) is 0. The minimum atomic E-state index is -1.14. The lowest BCUT2D eigenvalue weighted by Crippen LogP contribution is -1.83. The van der Waals surface area contributed by atoms with E-state index in [2.05, 4.69) is 6.92 Å². The molecule has 0 N–H and O–H groups in total. The number of hydrogen-bond acceptors (Lipinski definition) is 0. The van der Waals surface area contributed by atoms with E-state index in [9.17, 15) is 4.11 Å². The maximum absolute atomic E-state index is 11.9. The SMILES string of the molecule is CCCCCCCCCCCCCC[SiH2]F. The predicted octanol–water partition coefficient (Wildman–Crippen LogP) is 5.16. The van der Waals surface area contributed by atoms with Crippen molar-refractivity contribution in [3.63, 3.8) is 0 Å². The maximum Gasteiger partial charge on any atom is 0.216 e. The number of unbranched alkanes of at least 4 members (excludes halogenated alkanes) is 11. The smallest absolute Gasteiger partial charge is 0.216 e. The molecule has 98 valence electrons. The highest BCUT2D eigenvalue weighted by Crippen LogP contribution is 2.12. The summed E-state index contributed by atoms with van der Waals surface area (Å²) >= 11 is 0. The van der Waals surface area contributed by atoms with Gasteiger partial charge in [0.15, 0.2) is 0 Å². The Labute approximate surface area is 104 Å². The molecular weight excluding hydrogens is 215 g/mol. The molecule has 0 radical (unpaired) electrons. The average molecular weight is 246 g/mol. The zero-order valence-corrected chi connectivity index (χ0v) is 12.7. The van der Waals surface area contributed by atoms with E-state index >= 15 is 0 Å². The Morgan fingerprint density at radius 1 is 0.625 bits per heavy atom. The molecular formula is C14H31FSi. The highest BCUT2D eigenvalue weighted by atomic mass is 28.3. The van der Waals surface area contributed by atoms with Crippen LogP contribution < -0.4 is 0 Å². The van der Waals surface area contributed by atoms with Gasteiger partial charge in [-0.25, -0.2) is 0 Å². The zero-order valence-electron chi connectivity index (χ0n) is 11.3. The fourth-order valence-electron chi connectivity index (χ4n) is 2.11. The molecule has 0 nitrogen and oxygen atoms in total. The lowest BCUT2D eigenvalue weighted by Gasteiger charge is -2.02. The molecule has 0 aromatic rings. The van der Waals surface area contributed by atoms with Crippen molar-refractivity contribution in [3.05, 3.63) is 0 Å². The van der Waals surface area contributed by atoms with Crippen LogP contribution in [-0.4, -0.2) is 9.85 Å². The zero-order chi connectivity index (χ0) is 11.9. The molecule has 0 unspecified atom stereocenters. The second-order valence-electron chi connectivity index (χ2n) is 4.93. The largest absolute Gasteiger partial charge is 0.323 e. The second kappa shape index (κ2) is 15.1. The molecule has 0 fully saturated rings. The standard InChI is InChI=1S/C14H31FSi/c1-2-3-4-5-6-7-8-9-10-11-12-13-14-16-15/h2-14,16H2,1H3. The Hall–Kier alpha value is 0.147. The summed E-state index contributed by atoms with van der Waals surface area (Å²) in [5.74, 6) is 0. The molecule has 0 aromatic heterocycles. The molecule has 0 atom stereocenters. The summed E-state index contributed by atoms with van der Waals surface area (Å²) in [4.78, 5) is 0. The van der Waals surface area contributed by atoms with Crippen LogP contribution in [0.2, 0.25) is 6.04 Å². The van der Waals surface area contributed by atoms with Gasteiger partial charge in [0.2, 0.25) is 9.85 Å². The summed E-state index contributed by atoms with van der Waals surface area (Å²) in [5, 5.41) is 0. The van der Waals surface area contributed by atoms with Crippen LogP contribution >= 0.6 is 0 Å². The minimum absolute atomic E-state index is 0.914. The number of rotatable bonds is 13. The van der Waals surface area contributed by atoms with Crippen LogP contribution in [0.15, 0.2) is 0 Å². The Bertz CT molecular complexity index is 103. The highest BCUT2D eigenvalue weighted by molar-refractivity contribution is 6.25. The van der Waals surface area contributed by atoms with Crippen molar-refractivity contribution in [1.29, 1.82) is 0 Å². The lowest BCUT2D eigenvalue weighted by atomic mass is 10.1. The van der Waals surface area contributed by atoms with E-state index in [1.165, 1.54) is 70.6 Å². The van der Waals surface area contributed by atoms with Crippen LogP contribution in [0.4, 0.5) is 4.11 Å². The molecule has 0 spiro atoms. The molecule has 2 heteroatoms. The fraction of sp³-hybridized carbons (Fsp3) is 1.00. The molecule has 16 heavy (non-hydrogen) atoms. The summed E-state index contributed by atoms with van der Waals surface area (Å²) in [7, 11) is -1.14. The van der Waals surface area contributed by atoms with Gasteiger partial charge in [-0.3, -0.25) is 0 Å². The topological polar surface area (TPSA) is 0 Å². The van der Waals surface area contributed by atoms with Gasteiger partial charge >= 0.3 is 0 Å². The van der Waals surface area contributed by atoms with Crippen molar-refractivity contribution in [2.45, 2.75) is 90.0 Å². The molecule has 0 rings (SSSR count). The van der Waals surface area contributed by atoms with Crippen molar-refractivity contribution in [2.75, 3.05) is 0 Å². The highest BCUT2D eigenvalue weighted by Gasteiger charge is 1.93. The van der Waals surface area contributed by atoms with Crippen molar-refractivity contribution >= 4 is 9.85 Å². The van der Waals surface area contributed by atoms with Gasteiger partial charge in [-0.1, -0.05) is 84.0 Å². The van der Waals surface area contributed by atoms with Gasteiger partial charge in [0, 0.05) is 0 Å². The first-order chi connectivity index (χ1) is 7.91. The Kier molecular flexibility index (Phi) is 15.3. The molecule has 0 amide bonds. The third kappa shape index (κ3) is 14.1. The molecule has 0 aliphatic carbocycles. The number of hydrogen-bond donors (Lipinski definition) is 0.